The Bertz CT molecular complexity index is 971. The van der Waals surface area contributed by atoms with Crippen molar-refractivity contribution >= 4 is 0 Å². The lowest BCUT2D eigenvalue weighted by Gasteiger charge is -2.42. The van der Waals surface area contributed by atoms with Gasteiger partial charge in [0, 0.05) is 18.6 Å². The molecule has 1 saturated heterocycles. The third-order valence-corrected chi connectivity index (χ3v) is 7.21. The van der Waals surface area contributed by atoms with Gasteiger partial charge >= 0.3 is 0 Å². The van der Waals surface area contributed by atoms with E-state index in [-0.39, 0.29) is 23.2 Å². The van der Waals surface area contributed by atoms with E-state index in [1.54, 1.807) is 24.3 Å². The maximum absolute atomic E-state index is 13.4. The van der Waals surface area contributed by atoms with Crippen molar-refractivity contribution in [3.8, 4) is 0 Å². The molecule has 3 aromatic carbocycles. The van der Waals surface area contributed by atoms with E-state index in [2.05, 4.69) is 40.5 Å². The largest absolute Gasteiger partial charge is 0.369 e. The number of benzene rings is 3. The first-order chi connectivity index (χ1) is 17.1. The molecule has 1 heterocycles. The first kappa shape index (κ1) is 25.5. The molecule has 1 N–H and O–H groups in total. The zero-order chi connectivity index (χ0) is 24.5. The minimum atomic E-state index is -0.334. The second-order valence-electron chi connectivity index (χ2n) is 9.58. The van der Waals surface area contributed by atoms with Gasteiger partial charge in [-0.2, -0.15) is 0 Å². The predicted molar refractivity (Wildman–Crippen MR) is 138 cm³/mol. The fourth-order valence-corrected chi connectivity index (χ4v) is 5.20. The first-order valence-electron chi connectivity index (χ1n) is 12.6. The summed E-state index contributed by atoms with van der Waals surface area (Å²) in [7, 11) is 2.04. The van der Waals surface area contributed by atoms with E-state index in [0.29, 0.717) is 6.61 Å². The number of rotatable bonds is 11. The molecular weight excluding hydrogens is 442 g/mol. The van der Waals surface area contributed by atoms with Crippen LogP contribution in [-0.4, -0.2) is 44.7 Å². The number of piperidine rings is 1. The fourth-order valence-electron chi connectivity index (χ4n) is 5.20. The van der Waals surface area contributed by atoms with E-state index in [0.717, 1.165) is 63.0 Å². The molecule has 0 aliphatic carbocycles. The van der Waals surface area contributed by atoms with Crippen LogP contribution in [0.2, 0.25) is 0 Å². The van der Waals surface area contributed by atoms with Gasteiger partial charge in [0.2, 0.25) is 0 Å². The van der Waals surface area contributed by atoms with Gasteiger partial charge in [0.25, 0.3) is 0 Å². The van der Waals surface area contributed by atoms with Crippen LogP contribution in [-0.2, 0) is 10.2 Å². The summed E-state index contributed by atoms with van der Waals surface area (Å²) in [6, 6.07) is 23.6. The van der Waals surface area contributed by atoms with E-state index in [1.165, 1.54) is 29.8 Å². The van der Waals surface area contributed by atoms with Crippen molar-refractivity contribution < 1.29 is 13.5 Å². The van der Waals surface area contributed by atoms with Crippen molar-refractivity contribution in [1.29, 1.82) is 0 Å². The number of nitrogens with one attached hydrogen (secondary N) is 1. The highest BCUT2D eigenvalue weighted by molar-refractivity contribution is 5.30. The van der Waals surface area contributed by atoms with Gasteiger partial charge in [0.15, 0.2) is 0 Å². The molecule has 0 aromatic heterocycles. The van der Waals surface area contributed by atoms with Crippen LogP contribution in [0.5, 0.6) is 0 Å². The monoisotopic (exact) mass is 478 g/mol. The molecule has 0 amide bonds. The summed E-state index contributed by atoms with van der Waals surface area (Å²) >= 11 is 0. The Hall–Kier alpha value is -2.60. The number of halogens is 2. The smallest absolute Gasteiger partial charge is 0.123 e. The molecule has 35 heavy (non-hydrogen) atoms. The Morgan fingerprint density at radius 1 is 0.829 bits per heavy atom. The molecule has 3 aromatic rings. The third kappa shape index (κ3) is 6.75. The van der Waals surface area contributed by atoms with E-state index >= 15 is 0 Å². The van der Waals surface area contributed by atoms with Gasteiger partial charge in [0.05, 0.1) is 0 Å². The number of hydrogen-bond donors (Lipinski definition) is 1. The quantitative estimate of drug-likeness (QED) is 0.337. The molecule has 5 heteroatoms. The zero-order valence-corrected chi connectivity index (χ0v) is 20.6. The lowest BCUT2D eigenvalue weighted by Crippen LogP contribution is -2.47. The van der Waals surface area contributed by atoms with Gasteiger partial charge in [-0.1, -0.05) is 54.6 Å². The van der Waals surface area contributed by atoms with Gasteiger partial charge in [0.1, 0.15) is 17.7 Å². The van der Waals surface area contributed by atoms with Gasteiger partial charge in [-0.3, -0.25) is 0 Å². The maximum atomic E-state index is 13.4. The Kier molecular flexibility index (Phi) is 9.02. The van der Waals surface area contributed by atoms with Crippen LogP contribution in [0.3, 0.4) is 0 Å². The van der Waals surface area contributed by atoms with E-state index < -0.39 is 0 Å². The number of hydrogen-bond acceptors (Lipinski definition) is 3. The average Bonchev–Trinajstić information content (AvgIpc) is 2.89. The standard InChI is InChI=1S/C30H36F2N2O/c1-33-23-30(26-7-3-2-4-8-26)17-20-34(21-18-30)19-5-6-22-35-29(24-9-13-27(31)14-10-24)25-11-15-28(32)16-12-25/h2-4,7-16,29,33H,5-6,17-23H2,1H3. The Labute approximate surface area is 208 Å². The van der Waals surface area contributed by atoms with Gasteiger partial charge in [-0.05, 0) is 93.3 Å². The molecule has 1 fully saturated rings. The van der Waals surface area contributed by atoms with Crippen LogP contribution in [0, 0.1) is 11.6 Å². The molecule has 3 nitrogen and oxygen atoms in total. The van der Waals surface area contributed by atoms with Gasteiger partial charge in [-0.15, -0.1) is 0 Å². The van der Waals surface area contributed by atoms with Crippen molar-refractivity contribution in [2.45, 2.75) is 37.2 Å². The lowest BCUT2D eigenvalue weighted by molar-refractivity contribution is 0.0735. The molecule has 0 bridgehead atoms. The minimum Gasteiger partial charge on any atom is -0.369 e. The van der Waals surface area contributed by atoms with Crippen LogP contribution < -0.4 is 5.32 Å². The Balaban J connectivity index is 1.26. The molecule has 0 saturated carbocycles. The maximum Gasteiger partial charge on any atom is 0.123 e. The summed E-state index contributed by atoms with van der Waals surface area (Å²) in [5.74, 6) is -0.557. The van der Waals surface area contributed by atoms with E-state index in [9.17, 15) is 8.78 Å². The number of likely N-dealkylation sites (N-methyl/N-ethyl adjacent to an activating group) is 1. The number of nitrogens with zero attached hydrogens (tertiary/aromatic N) is 1. The van der Waals surface area contributed by atoms with Crippen molar-refractivity contribution in [1.82, 2.24) is 10.2 Å². The average molecular weight is 479 g/mol. The molecule has 0 spiro atoms. The third-order valence-electron chi connectivity index (χ3n) is 7.21. The van der Waals surface area contributed by atoms with Crippen LogP contribution >= 0.6 is 0 Å². The zero-order valence-electron chi connectivity index (χ0n) is 20.6. The van der Waals surface area contributed by atoms with Crippen molar-refractivity contribution in [3.05, 3.63) is 107 Å². The van der Waals surface area contributed by atoms with Gasteiger partial charge in [-0.25, -0.2) is 8.78 Å². The Morgan fingerprint density at radius 3 is 1.94 bits per heavy atom. The van der Waals surface area contributed by atoms with Crippen molar-refractivity contribution in [2.24, 2.45) is 0 Å². The lowest BCUT2D eigenvalue weighted by atomic mass is 9.72. The summed E-state index contributed by atoms with van der Waals surface area (Å²) in [6.45, 7) is 4.87. The predicted octanol–water partition coefficient (Wildman–Crippen LogP) is 6.10. The molecule has 1 aliphatic heterocycles. The minimum absolute atomic E-state index is 0.215. The Morgan fingerprint density at radius 2 is 1.40 bits per heavy atom. The van der Waals surface area contributed by atoms with Gasteiger partial charge < -0.3 is 15.0 Å². The van der Waals surface area contributed by atoms with Crippen LogP contribution in [0.25, 0.3) is 0 Å². The second kappa shape index (κ2) is 12.4. The summed E-state index contributed by atoms with van der Waals surface area (Å²) < 4.78 is 33.1. The summed E-state index contributed by atoms with van der Waals surface area (Å²) in [4.78, 5) is 2.56. The molecule has 0 unspecified atom stereocenters. The van der Waals surface area contributed by atoms with Crippen molar-refractivity contribution in [2.75, 3.05) is 39.8 Å². The second-order valence-corrected chi connectivity index (χ2v) is 9.58. The molecule has 0 atom stereocenters. The molecule has 0 radical (unpaired) electrons. The molecule has 186 valence electrons. The number of likely N-dealkylation sites (tertiary alicyclic amines) is 1. The molecule has 4 rings (SSSR count). The fraction of sp³-hybridized carbons (Fsp3) is 0.400. The number of ether oxygens (including phenoxy) is 1. The molecule has 1 aliphatic rings. The molecular formula is C30H36F2N2O. The normalized spacial score (nSPS) is 16.0. The van der Waals surface area contributed by atoms with Crippen LogP contribution in [0.15, 0.2) is 78.9 Å². The van der Waals surface area contributed by atoms with Crippen molar-refractivity contribution in [3.63, 3.8) is 0 Å². The first-order valence-corrected chi connectivity index (χ1v) is 12.6. The van der Waals surface area contributed by atoms with E-state index in [1.807, 2.05) is 7.05 Å². The van der Waals surface area contributed by atoms with E-state index in [4.69, 9.17) is 4.74 Å². The summed E-state index contributed by atoms with van der Waals surface area (Å²) in [5, 5.41) is 3.42. The summed E-state index contributed by atoms with van der Waals surface area (Å²) in [5.41, 5.74) is 3.40. The SMILES string of the molecule is CNCC1(c2ccccc2)CCN(CCCCOC(c2ccc(F)cc2)c2ccc(F)cc2)CC1. The highest BCUT2D eigenvalue weighted by Gasteiger charge is 2.35. The van der Waals surface area contributed by atoms with Crippen LogP contribution in [0.1, 0.15) is 48.5 Å². The van der Waals surface area contributed by atoms with Crippen LogP contribution in [0.4, 0.5) is 8.78 Å². The highest BCUT2D eigenvalue weighted by atomic mass is 19.1. The number of unbranched alkanes of at least 4 members (excludes halogenated alkanes) is 1. The highest BCUT2D eigenvalue weighted by Crippen LogP contribution is 2.35. The summed E-state index contributed by atoms with van der Waals surface area (Å²) in [6.07, 6.45) is 3.98. The topological polar surface area (TPSA) is 24.5 Å².